The molecule has 14 heteroatoms. The SMILES string of the molecule is CC1(C)CC(O)C2(C(=O)O)CCC3(C)C(=CCC4C5(C)CCC(OC6OC(C(=O)O)C(O)C(OC7OCC(O)C(O)C7O)C6O)C(C)(C)C5CCC43C)C2C1. The molecule has 18 unspecified atom stereocenters. The zero-order chi connectivity index (χ0) is 40.4. The van der Waals surface area contributed by atoms with Crippen LogP contribution in [0.25, 0.3) is 0 Å². The highest BCUT2D eigenvalue weighted by Crippen LogP contribution is 2.76. The molecule has 18 atom stereocenters. The molecule has 6 fully saturated rings. The first-order valence-corrected chi connectivity index (χ1v) is 20.3. The van der Waals surface area contributed by atoms with Gasteiger partial charge in [0.05, 0.1) is 18.8 Å². The number of aliphatic hydroxyl groups excluding tert-OH is 6. The Balaban J connectivity index is 1.14. The number of carboxylic acid groups (broad SMARTS) is 2. The number of hydrogen-bond donors (Lipinski definition) is 8. The van der Waals surface area contributed by atoms with Gasteiger partial charge in [0, 0.05) is 0 Å². The van der Waals surface area contributed by atoms with Crippen molar-refractivity contribution in [2.45, 2.75) is 174 Å². The highest BCUT2D eigenvalue weighted by atomic mass is 16.7. The highest BCUT2D eigenvalue weighted by molar-refractivity contribution is 5.77. The van der Waals surface area contributed by atoms with Crippen LogP contribution in [0.5, 0.6) is 0 Å². The second kappa shape index (κ2) is 13.7. The lowest BCUT2D eigenvalue weighted by Crippen LogP contribution is -2.67. The zero-order valence-corrected chi connectivity index (χ0v) is 33.3. The van der Waals surface area contributed by atoms with E-state index in [1.807, 2.05) is 0 Å². The number of rotatable bonds is 6. The third-order valence-electron chi connectivity index (χ3n) is 16.8. The predicted octanol–water partition coefficient (Wildman–Crippen LogP) is 2.58. The van der Waals surface area contributed by atoms with Gasteiger partial charge in [-0.3, -0.25) is 4.79 Å². The van der Waals surface area contributed by atoms with Gasteiger partial charge in [0.15, 0.2) is 18.7 Å². The van der Waals surface area contributed by atoms with Crippen molar-refractivity contribution in [3.63, 3.8) is 0 Å². The molecule has 0 aromatic heterocycles. The van der Waals surface area contributed by atoms with Crippen LogP contribution in [0.2, 0.25) is 0 Å². The van der Waals surface area contributed by atoms with Crippen LogP contribution >= 0.6 is 0 Å². The van der Waals surface area contributed by atoms with E-state index in [4.69, 9.17) is 18.9 Å². The first-order valence-electron chi connectivity index (χ1n) is 20.3. The lowest BCUT2D eigenvalue weighted by Gasteiger charge is -2.71. The quantitative estimate of drug-likeness (QED) is 0.143. The number of aliphatic carboxylic acids is 2. The molecule has 7 aliphatic rings. The summed E-state index contributed by atoms with van der Waals surface area (Å²) in [5.41, 5.74) is -1.13. The highest BCUT2D eigenvalue weighted by Gasteiger charge is 2.71. The largest absolute Gasteiger partial charge is 0.481 e. The Morgan fingerprint density at radius 2 is 1.45 bits per heavy atom. The van der Waals surface area contributed by atoms with E-state index in [-0.39, 0.29) is 39.4 Å². The van der Waals surface area contributed by atoms with Crippen LogP contribution in [0.4, 0.5) is 0 Å². The third-order valence-corrected chi connectivity index (χ3v) is 16.8. The molecule has 55 heavy (non-hydrogen) atoms. The number of hydrogen-bond acceptors (Lipinski definition) is 12. The van der Waals surface area contributed by atoms with E-state index in [2.05, 4.69) is 54.5 Å². The number of carboxylic acids is 2. The maximum absolute atomic E-state index is 13.1. The monoisotopic (exact) mass is 780 g/mol. The summed E-state index contributed by atoms with van der Waals surface area (Å²) in [7, 11) is 0. The van der Waals surface area contributed by atoms with Gasteiger partial charge in [-0.05, 0) is 103 Å². The lowest BCUT2D eigenvalue weighted by molar-refractivity contribution is -0.357. The predicted molar refractivity (Wildman–Crippen MR) is 194 cm³/mol. The van der Waals surface area contributed by atoms with Gasteiger partial charge in [0.2, 0.25) is 0 Å². The Kier molecular flexibility index (Phi) is 10.3. The van der Waals surface area contributed by atoms with Crippen molar-refractivity contribution < 1.29 is 69.4 Å². The number of ether oxygens (including phenoxy) is 4. The van der Waals surface area contributed by atoms with Crippen molar-refractivity contribution in [3.05, 3.63) is 11.6 Å². The molecule has 14 nitrogen and oxygen atoms in total. The minimum Gasteiger partial charge on any atom is -0.481 e. The van der Waals surface area contributed by atoms with Crippen LogP contribution in [0.3, 0.4) is 0 Å². The van der Waals surface area contributed by atoms with Gasteiger partial charge in [-0.25, -0.2) is 4.79 Å². The molecule has 0 aromatic rings. The molecule has 5 aliphatic carbocycles. The van der Waals surface area contributed by atoms with E-state index >= 15 is 0 Å². The van der Waals surface area contributed by atoms with E-state index in [9.17, 15) is 50.4 Å². The number of allylic oxidation sites excluding steroid dienone is 2. The maximum atomic E-state index is 13.1. The topological polar surface area (TPSA) is 233 Å². The lowest BCUT2D eigenvalue weighted by atomic mass is 9.33. The summed E-state index contributed by atoms with van der Waals surface area (Å²) in [5, 5.41) is 85.1. The van der Waals surface area contributed by atoms with Crippen LogP contribution in [-0.4, -0.2) is 127 Å². The maximum Gasteiger partial charge on any atom is 0.335 e. The van der Waals surface area contributed by atoms with Gasteiger partial charge in [-0.15, -0.1) is 0 Å². The Morgan fingerprint density at radius 1 is 0.764 bits per heavy atom. The van der Waals surface area contributed by atoms with Crippen molar-refractivity contribution in [1.82, 2.24) is 0 Å². The Morgan fingerprint density at radius 3 is 2.11 bits per heavy atom. The zero-order valence-electron chi connectivity index (χ0n) is 33.3. The first kappa shape index (κ1) is 41.4. The molecule has 0 aromatic carbocycles. The van der Waals surface area contributed by atoms with Crippen molar-refractivity contribution in [2.24, 2.45) is 50.2 Å². The van der Waals surface area contributed by atoms with Gasteiger partial charge in [0.25, 0.3) is 0 Å². The van der Waals surface area contributed by atoms with E-state index < -0.39 is 96.9 Å². The Hall–Kier alpha value is -1.72. The van der Waals surface area contributed by atoms with Crippen molar-refractivity contribution in [2.75, 3.05) is 6.61 Å². The summed E-state index contributed by atoms with van der Waals surface area (Å²) in [6.45, 7) is 15.3. The van der Waals surface area contributed by atoms with Crippen molar-refractivity contribution >= 4 is 11.9 Å². The smallest absolute Gasteiger partial charge is 0.335 e. The molecule has 8 N–H and O–H groups in total. The number of carbonyl (C=O) groups is 2. The van der Waals surface area contributed by atoms with E-state index in [0.717, 1.165) is 32.1 Å². The van der Waals surface area contributed by atoms with Crippen molar-refractivity contribution in [3.8, 4) is 0 Å². The molecule has 2 saturated heterocycles. The molecule has 2 heterocycles. The average Bonchev–Trinajstić information content (AvgIpc) is 3.08. The molecule has 7 rings (SSSR count). The van der Waals surface area contributed by atoms with Gasteiger partial charge in [-0.2, -0.15) is 0 Å². The number of fused-ring (bicyclic) bond motifs is 7. The van der Waals surface area contributed by atoms with Crippen LogP contribution in [0.1, 0.15) is 106 Å². The first-order chi connectivity index (χ1) is 25.5. The molecule has 0 radical (unpaired) electrons. The van der Waals surface area contributed by atoms with Crippen molar-refractivity contribution in [1.29, 1.82) is 0 Å². The summed E-state index contributed by atoms with van der Waals surface area (Å²) >= 11 is 0. The molecule has 4 saturated carbocycles. The fourth-order valence-electron chi connectivity index (χ4n) is 13.6. The summed E-state index contributed by atoms with van der Waals surface area (Å²) in [6, 6.07) is 0. The van der Waals surface area contributed by atoms with Gasteiger partial charge < -0.3 is 59.8 Å². The van der Waals surface area contributed by atoms with Crippen LogP contribution in [0.15, 0.2) is 11.6 Å². The number of aliphatic hydroxyl groups is 6. The van der Waals surface area contributed by atoms with E-state index in [0.29, 0.717) is 25.7 Å². The minimum atomic E-state index is -1.88. The fourth-order valence-corrected chi connectivity index (χ4v) is 13.6. The van der Waals surface area contributed by atoms with Gasteiger partial charge in [-0.1, -0.05) is 60.1 Å². The summed E-state index contributed by atoms with van der Waals surface area (Å²) in [6.07, 6.45) is -7.60. The summed E-state index contributed by atoms with van der Waals surface area (Å²) in [4.78, 5) is 25.3. The van der Waals surface area contributed by atoms with E-state index in [1.54, 1.807) is 0 Å². The standard InChI is InChI=1S/C41H64O14/c1-36(2)16-20-19-8-9-23-38(5)12-11-25(37(3,4)22(38)10-13-40(23,7)39(19,6)14-15-41(20,35(50)51)24(43)17-36)53-34-29(47)30(28(46)31(55-34)32(48)49)54-33-27(45)26(44)21(42)18-52-33/h8,20-31,33-34,42-47H,9-18H2,1-7H3,(H,48,49)(H,50,51). The molecule has 2 aliphatic heterocycles. The molecular formula is C41H64O14. The summed E-state index contributed by atoms with van der Waals surface area (Å²) in [5.74, 6) is -2.18. The van der Waals surface area contributed by atoms with Crippen LogP contribution in [-0.2, 0) is 28.5 Å². The molecule has 312 valence electrons. The Labute approximate surface area is 323 Å². The average molecular weight is 781 g/mol. The second-order valence-corrected chi connectivity index (χ2v) is 20.4. The van der Waals surface area contributed by atoms with Crippen LogP contribution in [0, 0.1) is 50.2 Å². The van der Waals surface area contributed by atoms with Gasteiger partial charge >= 0.3 is 11.9 Å². The molecule has 0 bridgehead atoms. The van der Waals surface area contributed by atoms with Gasteiger partial charge in [0.1, 0.15) is 42.0 Å². The molecule has 0 amide bonds. The van der Waals surface area contributed by atoms with Crippen LogP contribution < -0.4 is 0 Å². The van der Waals surface area contributed by atoms with E-state index in [1.165, 1.54) is 5.57 Å². The Bertz CT molecular complexity index is 1550. The second-order valence-electron chi connectivity index (χ2n) is 20.4. The molecule has 0 spiro atoms. The normalized spacial score (nSPS) is 53.1. The fraction of sp³-hybridized carbons (Fsp3) is 0.902. The third kappa shape index (κ3) is 6.01. The molecular weight excluding hydrogens is 716 g/mol. The summed E-state index contributed by atoms with van der Waals surface area (Å²) < 4.78 is 23.3. The minimum absolute atomic E-state index is 0.128.